The van der Waals surface area contributed by atoms with Crippen LogP contribution in [-0.2, 0) is 0 Å². The third-order valence-corrected chi connectivity index (χ3v) is 1.91. The van der Waals surface area contributed by atoms with Crippen LogP contribution in [0, 0.1) is 0 Å². The summed E-state index contributed by atoms with van der Waals surface area (Å²) in [5.74, 6) is -0.0728. The summed E-state index contributed by atoms with van der Waals surface area (Å²) < 4.78 is 0. The van der Waals surface area contributed by atoms with Crippen LogP contribution >= 0.6 is 24.0 Å². The van der Waals surface area contributed by atoms with Crippen LogP contribution in [0.25, 0.3) is 0 Å². The van der Waals surface area contributed by atoms with E-state index in [4.69, 9.17) is 23.1 Å². The molecule has 0 aliphatic rings. The zero-order valence-corrected chi connectivity index (χ0v) is 9.72. The molecular weight excluding hydrogens is 235 g/mol. The Morgan fingerprint density at radius 3 is 2.33 bits per heavy atom. The van der Waals surface area contributed by atoms with Crippen LogP contribution in [0.15, 0.2) is 34.5 Å². The second-order valence-corrected chi connectivity index (χ2v) is 3.10. The molecule has 1 rings (SSSR count). The summed E-state index contributed by atoms with van der Waals surface area (Å²) in [5.41, 5.74) is 11.8. The second-order valence-electron chi connectivity index (χ2n) is 2.69. The lowest BCUT2D eigenvalue weighted by Gasteiger charge is -2.00. The van der Waals surface area contributed by atoms with Crippen molar-refractivity contribution < 1.29 is 0 Å². The number of hydrogen-bond acceptors (Lipinski definition) is 2. The zero-order valence-electron chi connectivity index (χ0n) is 8.14. The Morgan fingerprint density at radius 1 is 1.20 bits per heavy atom. The molecule has 1 aromatic carbocycles. The summed E-state index contributed by atoms with van der Waals surface area (Å²) in [7, 11) is 0. The summed E-state index contributed by atoms with van der Waals surface area (Å²) in [6.45, 7) is 1.79. The van der Waals surface area contributed by atoms with Crippen LogP contribution in [-0.4, -0.2) is 11.7 Å². The van der Waals surface area contributed by atoms with Gasteiger partial charge in [0.05, 0.1) is 5.71 Å². The van der Waals surface area contributed by atoms with Gasteiger partial charge in [-0.1, -0.05) is 29.8 Å². The minimum atomic E-state index is -0.0728. The molecule has 0 aliphatic carbocycles. The maximum atomic E-state index is 5.94. The first-order valence-corrected chi connectivity index (χ1v) is 4.37. The third kappa shape index (κ3) is 4.18. The molecular formula is C9H12Cl2N4. The second kappa shape index (κ2) is 6.27. The van der Waals surface area contributed by atoms with Gasteiger partial charge in [0, 0.05) is 10.6 Å². The Labute approximate surface area is 99.4 Å². The van der Waals surface area contributed by atoms with Crippen LogP contribution in [0.1, 0.15) is 12.5 Å². The molecule has 0 spiro atoms. The average molecular weight is 247 g/mol. The van der Waals surface area contributed by atoms with Crippen molar-refractivity contribution in [2.24, 2.45) is 21.7 Å². The van der Waals surface area contributed by atoms with Gasteiger partial charge in [0.1, 0.15) is 0 Å². The summed E-state index contributed by atoms with van der Waals surface area (Å²) in [4.78, 5) is 0. The zero-order chi connectivity index (χ0) is 10.6. The highest BCUT2D eigenvalue weighted by atomic mass is 35.5. The Morgan fingerprint density at radius 2 is 1.80 bits per heavy atom. The summed E-state index contributed by atoms with van der Waals surface area (Å²) in [6, 6.07) is 7.35. The highest BCUT2D eigenvalue weighted by molar-refractivity contribution is 6.34. The number of halogens is 2. The minimum absolute atomic E-state index is 0. The lowest BCUT2D eigenvalue weighted by atomic mass is 10.1. The highest BCUT2D eigenvalue weighted by Crippen LogP contribution is 2.15. The Bertz CT molecular complexity index is 383. The predicted molar refractivity (Wildman–Crippen MR) is 66.7 cm³/mol. The van der Waals surface area contributed by atoms with Gasteiger partial charge in [-0.25, -0.2) is 0 Å². The number of hydrogen-bond donors (Lipinski definition) is 2. The molecule has 0 atom stereocenters. The van der Waals surface area contributed by atoms with E-state index in [0.29, 0.717) is 10.7 Å². The predicted octanol–water partition coefficient (Wildman–Crippen LogP) is 1.76. The van der Waals surface area contributed by atoms with Crippen LogP contribution < -0.4 is 11.5 Å². The van der Waals surface area contributed by atoms with Crippen molar-refractivity contribution in [1.82, 2.24) is 0 Å². The van der Waals surface area contributed by atoms with Crippen molar-refractivity contribution in [1.29, 1.82) is 0 Å². The smallest absolute Gasteiger partial charge is 0.211 e. The van der Waals surface area contributed by atoms with Crippen molar-refractivity contribution in [3.63, 3.8) is 0 Å². The fourth-order valence-electron chi connectivity index (χ4n) is 0.941. The van der Waals surface area contributed by atoms with Crippen LogP contribution in [0.4, 0.5) is 0 Å². The maximum Gasteiger partial charge on any atom is 0.211 e. The van der Waals surface area contributed by atoms with E-state index < -0.39 is 0 Å². The van der Waals surface area contributed by atoms with Gasteiger partial charge < -0.3 is 11.5 Å². The van der Waals surface area contributed by atoms with Gasteiger partial charge in [0.25, 0.3) is 0 Å². The van der Waals surface area contributed by atoms with Crippen LogP contribution in [0.5, 0.6) is 0 Å². The molecule has 82 valence electrons. The normalized spacial score (nSPS) is 10.4. The molecule has 0 saturated heterocycles. The maximum absolute atomic E-state index is 5.94. The van der Waals surface area contributed by atoms with Gasteiger partial charge in [0.2, 0.25) is 5.96 Å². The molecule has 1 aromatic rings. The van der Waals surface area contributed by atoms with E-state index in [2.05, 4.69) is 10.2 Å². The fraction of sp³-hybridized carbons (Fsp3) is 0.111. The molecule has 0 fully saturated rings. The van der Waals surface area contributed by atoms with Gasteiger partial charge in [-0.3, -0.25) is 0 Å². The number of nitrogens with zero attached hydrogens (tertiary/aromatic N) is 2. The van der Waals surface area contributed by atoms with E-state index in [-0.39, 0.29) is 18.4 Å². The summed E-state index contributed by atoms with van der Waals surface area (Å²) in [5, 5.41) is 7.99. The van der Waals surface area contributed by atoms with Crippen molar-refractivity contribution in [2.45, 2.75) is 6.92 Å². The van der Waals surface area contributed by atoms with Gasteiger partial charge >= 0.3 is 0 Å². The minimum Gasteiger partial charge on any atom is -0.369 e. The molecule has 15 heavy (non-hydrogen) atoms. The lowest BCUT2D eigenvalue weighted by molar-refractivity contribution is 1.20. The van der Waals surface area contributed by atoms with Gasteiger partial charge in [0.15, 0.2) is 0 Å². The first-order valence-electron chi connectivity index (χ1n) is 3.99. The van der Waals surface area contributed by atoms with E-state index in [1.807, 2.05) is 18.2 Å². The molecule has 0 aromatic heterocycles. The van der Waals surface area contributed by atoms with Gasteiger partial charge in [-0.05, 0) is 13.0 Å². The number of rotatable bonds is 2. The van der Waals surface area contributed by atoms with Crippen molar-refractivity contribution in [2.75, 3.05) is 0 Å². The van der Waals surface area contributed by atoms with Crippen molar-refractivity contribution >= 4 is 35.7 Å². The number of nitrogens with two attached hydrogens (primary N) is 2. The van der Waals surface area contributed by atoms with E-state index in [0.717, 1.165) is 5.56 Å². The van der Waals surface area contributed by atoms with Crippen molar-refractivity contribution in [3.05, 3.63) is 34.9 Å². The molecule has 0 radical (unpaired) electrons. The van der Waals surface area contributed by atoms with Crippen molar-refractivity contribution in [3.8, 4) is 0 Å². The molecule has 0 aliphatic heterocycles. The number of benzene rings is 1. The molecule has 0 saturated carbocycles. The highest BCUT2D eigenvalue weighted by Gasteiger charge is 2.01. The van der Waals surface area contributed by atoms with E-state index >= 15 is 0 Å². The largest absolute Gasteiger partial charge is 0.369 e. The Balaban J connectivity index is 0.00000196. The molecule has 0 heterocycles. The molecule has 6 heteroatoms. The van der Waals surface area contributed by atoms with Gasteiger partial charge in [-0.15, -0.1) is 17.5 Å². The molecule has 4 N–H and O–H groups in total. The Hall–Kier alpha value is -1.26. The molecule has 4 nitrogen and oxygen atoms in total. The third-order valence-electron chi connectivity index (χ3n) is 1.58. The first kappa shape index (κ1) is 13.7. The standard InChI is InChI=1S/C9H11ClN4.ClH/c1-6(13-14-9(11)12)7-4-2-3-5-8(7)10;/h2-5H,1H3,(H4,11,12,14);1H/b13-6+;. The quantitative estimate of drug-likeness (QED) is 0.474. The van der Waals surface area contributed by atoms with Gasteiger partial charge in [-0.2, -0.15) is 5.10 Å². The molecule has 0 unspecified atom stereocenters. The van der Waals surface area contributed by atoms with E-state index in [1.54, 1.807) is 13.0 Å². The number of guanidine groups is 1. The van der Waals surface area contributed by atoms with E-state index in [1.165, 1.54) is 0 Å². The SMILES string of the molecule is C/C(=N\N=C(N)N)c1ccccc1Cl.Cl. The summed E-state index contributed by atoms with van der Waals surface area (Å²) >= 11 is 5.94. The summed E-state index contributed by atoms with van der Waals surface area (Å²) in [6.07, 6.45) is 0. The van der Waals surface area contributed by atoms with Crippen LogP contribution in [0.2, 0.25) is 5.02 Å². The lowest BCUT2D eigenvalue weighted by Crippen LogP contribution is -2.22. The molecule has 0 bridgehead atoms. The fourth-order valence-corrected chi connectivity index (χ4v) is 1.21. The topological polar surface area (TPSA) is 76.8 Å². The average Bonchev–Trinajstić information content (AvgIpc) is 2.15. The monoisotopic (exact) mass is 246 g/mol. The Kier molecular flexibility index (Phi) is 5.74. The molecule has 0 amide bonds. The first-order chi connectivity index (χ1) is 6.61. The van der Waals surface area contributed by atoms with E-state index in [9.17, 15) is 0 Å². The van der Waals surface area contributed by atoms with Crippen LogP contribution in [0.3, 0.4) is 0 Å².